The molecule has 0 fully saturated rings. The second kappa shape index (κ2) is 6.38. The van der Waals surface area contributed by atoms with Gasteiger partial charge in [-0.25, -0.2) is 9.97 Å². The zero-order valence-corrected chi connectivity index (χ0v) is 11.9. The van der Waals surface area contributed by atoms with Crippen molar-refractivity contribution in [3.63, 3.8) is 0 Å². The standard InChI is InChI=1S/C13H17N5S/c1-18(8-5-10-3-6-15-7-4-10)12-9-11(14)16-13(17-12)19-2/h3-4,6-7,9H,5,8H2,1-2H3,(H2,14,16,17). The van der Waals surface area contributed by atoms with Gasteiger partial charge in [-0.05, 0) is 30.4 Å². The molecule has 5 nitrogen and oxygen atoms in total. The van der Waals surface area contributed by atoms with Gasteiger partial charge in [-0.15, -0.1) is 0 Å². The lowest BCUT2D eigenvalue weighted by molar-refractivity contribution is 0.835. The van der Waals surface area contributed by atoms with Crippen LogP contribution in [-0.2, 0) is 6.42 Å². The molecule has 2 rings (SSSR count). The number of aromatic nitrogens is 3. The smallest absolute Gasteiger partial charge is 0.191 e. The van der Waals surface area contributed by atoms with E-state index >= 15 is 0 Å². The molecule has 0 unspecified atom stereocenters. The molecule has 2 N–H and O–H groups in total. The van der Waals surface area contributed by atoms with Crippen LogP contribution in [-0.4, -0.2) is 34.8 Å². The molecule has 0 saturated heterocycles. The molecular weight excluding hydrogens is 258 g/mol. The van der Waals surface area contributed by atoms with E-state index in [1.807, 2.05) is 37.8 Å². The van der Waals surface area contributed by atoms with Crippen LogP contribution in [0.5, 0.6) is 0 Å². The van der Waals surface area contributed by atoms with Crippen molar-refractivity contribution in [3.05, 3.63) is 36.2 Å². The maximum absolute atomic E-state index is 5.78. The first-order valence-electron chi connectivity index (χ1n) is 5.97. The van der Waals surface area contributed by atoms with Crippen LogP contribution < -0.4 is 10.6 Å². The average Bonchev–Trinajstić information content (AvgIpc) is 2.45. The number of nitrogens with two attached hydrogens (primary N) is 1. The number of hydrogen-bond donors (Lipinski definition) is 1. The van der Waals surface area contributed by atoms with Gasteiger partial charge in [0.15, 0.2) is 5.16 Å². The lowest BCUT2D eigenvalue weighted by Crippen LogP contribution is -2.22. The molecule has 2 aromatic rings. The summed E-state index contributed by atoms with van der Waals surface area (Å²) >= 11 is 1.49. The first-order valence-corrected chi connectivity index (χ1v) is 7.20. The van der Waals surface area contributed by atoms with Crippen molar-refractivity contribution >= 4 is 23.4 Å². The number of likely N-dealkylation sites (N-methyl/N-ethyl adjacent to an activating group) is 1. The molecule has 0 aliphatic rings. The Labute approximate surface area is 117 Å². The van der Waals surface area contributed by atoms with Crippen LogP contribution in [0.3, 0.4) is 0 Å². The van der Waals surface area contributed by atoms with E-state index in [2.05, 4.69) is 19.9 Å². The van der Waals surface area contributed by atoms with Crippen LogP contribution in [0.4, 0.5) is 11.6 Å². The minimum absolute atomic E-state index is 0.505. The highest BCUT2D eigenvalue weighted by molar-refractivity contribution is 7.98. The molecule has 2 heterocycles. The van der Waals surface area contributed by atoms with Crippen LogP contribution in [0.2, 0.25) is 0 Å². The summed E-state index contributed by atoms with van der Waals surface area (Å²) in [4.78, 5) is 14.7. The van der Waals surface area contributed by atoms with E-state index in [9.17, 15) is 0 Å². The van der Waals surface area contributed by atoms with E-state index in [0.29, 0.717) is 11.0 Å². The highest BCUT2D eigenvalue weighted by Crippen LogP contribution is 2.18. The van der Waals surface area contributed by atoms with E-state index in [-0.39, 0.29) is 0 Å². The zero-order valence-electron chi connectivity index (χ0n) is 11.1. The fraction of sp³-hybridized carbons (Fsp3) is 0.308. The summed E-state index contributed by atoms with van der Waals surface area (Å²) in [6, 6.07) is 5.84. The Kier molecular flexibility index (Phi) is 4.57. The van der Waals surface area contributed by atoms with Crippen LogP contribution in [0.25, 0.3) is 0 Å². The van der Waals surface area contributed by atoms with Gasteiger partial charge in [0.25, 0.3) is 0 Å². The van der Waals surface area contributed by atoms with Gasteiger partial charge in [-0.3, -0.25) is 4.98 Å². The van der Waals surface area contributed by atoms with Crippen LogP contribution in [0.1, 0.15) is 5.56 Å². The fourth-order valence-electron chi connectivity index (χ4n) is 1.68. The van der Waals surface area contributed by atoms with Gasteiger partial charge in [0, 0.05) is 32.1 Å². The molecule has 0 radical (unpaired) electrons. The Morgan fingerprint density at radius 1 is 1.26 bits per heavy atom. The molecular formula is C13H17N5S. The summed E-state index contributed by atoms with van der Waals surface area (Å²) in [5.74, 6) is 1.36. The molecule has 19 heavy (non-hydrogen) atoms. The fourth-order valence-corrected chi connectivity index (χ4v) is 2.06. The van der Waals surface area contributed by atoms with Gasteiger partial charge in [-0.2, -0.15) is 0 Å². The number of rotatable bonds is 5. The third-order valence-corrected chi connectivity index (χ3v) is 3.32. The lowest BCUT2D eigenvalue weighted by Gasteiger charge is -2.18. The molecule has 0 aliphatic carbocycles. The Balaban J connectivity index is 2.03. The largest absolute Gasteiger partial charge is 0.383 e. The molecule has 0 aromatic carbocycles. The number of anilines is 2. The number of hydrogen-bond acceptors (Lipinski definition) is 6. The van der Waals surface area contributed by atoms with E-state index < -0.39 is 0 Å². The van der Waals surface area contributed by atoms with Crippen molar-refractivity contribution in [2.75, 3.05) is 30.5 Å². The van der Waals surface area contributed by atoms with Crippen LogP contribution >= 0.6 is 11.8 Å². The van der Waals surface area contributed by atoms with Gasteiger partial charge in [0.1, 0.15) is 11.6 Å². The molecule has 0 amide bonds. The minimum Gasteiger partial charge on any atom is -0.383 e. The van der Waals surface area contributed by atoms with E-state index in [1.54, 1.807) is 6.07 Å². The maximum Gasteiger partial charge on any atom is 0.191 e. The Morgan fingerprint density at radius 3 is 2.68 bits per heavy atom. The van der Waals surface area contributed by atoms with Crippen molar-refractivity contribution in [1.82, 2.24) is 15.0 Å². The summed E-state index contributed by atoms with van der Waals surface area (Å²) in [5.41, 5.74) is 7.04. The molecule has 0 aliphatic heterocycles. The van der Waals surface area contributed by atoms with Gasteiger partial charge in [0.05, 0.1) is 0 Å². The third-order valence-electron chi connectivity index (χ3n) is 2.77. The predicted molar refractivity (Wildman–Crippen MR) is 79.4 cm³/mol. The van der Waals surface area contributed by atoms with Crippen LogP contribution in [0, 0.1) is 0 Å². The Bertz CT molecular complexity index is 532. The number of pyridine rings is 1. The van der Waals surface area contributed by atoms with Crippen molar-refractivity contribution in [2.24, 2.45) is 0 Å². The van der Waals surface area contributed by atoms with Gasteiger partial charge in [-0.1, -0.05) is 11.8 Å². The molecule has 0 bridgehead atoms. The second-order valence-electron chi connectivity index (χ2n) is 4.16. The van der Waals surface area contributed by atoms with Crippen molar-refractivity contribution in [3.8, 4) is 0 Å². The van der Waals surface area contributed by atoms with Crippen LogP contribution in [0.15, 0.2) is 35.7 Å². The van der Waals surface area contributed by atoms with Gasteiger partial charge < -0.3 is 10.6 Å². The quantitative estimate of drug-likeness (QED) is 0.663. The zero-order chi connectivity index (χ0) is 13.7. The Hall–Kier alpha value is -1.82. The van der Waals surface area contributed by atoms with E-state index in [4.69, 9.17) is 5.73 Å². The first-order chi connectivity index (χ1) is 9.19. The van der Waals surface area contributed by atoms with Gasteiger partial charge >= 0.3 is 0 Å². The number of nitrogen functional groups attached to an aromatic ring is 1. The summed E-state index contributed by atoms with van der Waals surface area (Å²) < 4.78 is 0. The van der Waals surface area contributed by atoms with Crippen molar-refractivity contribution < 1.29 is 0 Å². The SMILES string of the molecule is CSc1nc(N)cc(N(C)CCc2ccncc2)n1. The molecule has 0 atom stereocenters. The monoisotopic (exact) mass is 275 g/mol. The highest BCUT2D eigenvalue weighted by atomic mass is 32.2. The number of nitrogens with zero attached hydrogens (tertiary/aromatic N) is 4. The molecule has 100 valence electrons. The van der Waals surface area contributed by atoms with Crippen molar-refractivity contribution in [1.29, 1.82) is 0 Å². The summed E-state index contributed by atoms with van der Waals surface area (Å²) in [6.45, 7) is 0.869. The lowest BCUT2D eigenvalue weighted by atomic mass is 10.2. The summed E-state index contributed by atoms with van der Waals surface area (Å²) in [5, 5.41) is 0.700. The van der Waals surface area contributed by atoms with Gasteiger partial charge in [0.2, 0.25) is 0 Å². The molecule has 2 aromatic heterocycles. The normalized spacial score (nSPS) is 10.4. The van der Waals surface area contributed by atoms with Crippen molar-refractivity contribution in [2.45, 2.75) is 11.6 Å². The third kappa shape index (κ3) is 3.82. The molecule has 6 heteroatoms. The van der Waals surface area contributed by atoms with E-state index in [1.165, 1.54) is 17.3 Å². The molecule has 0 spiro atoms. The van der Waals surface area contributed by atoms with E-state index in [0.717, 1.165) is 18.8 Å². The topological polar surface area (TPSA) is 67.9 Å². The summed E-state index contributed by atoms with van der Waals surface area (Å²) in [6.07, 6.45) is 6.50. The summed E-state index contributed by atoms with van der Waals surface area (Å²) in [7, 11) is 2.01. The maximum atomic E-state index is 5.78. The molecule has 0 saturated carbocycles. The second-order valence-corrected chi connectivity index (χ2v) is 4.94. The minimum atomic E-state index is 0.505. The Morgan fingerprint density at radius 2 is 2.00 bits per heavy atom. The predicted octanol–water partition coefficient (Wildman–Crippen LogP) is 1.85. The average molecular weight is 275 g/mol. The first kappa shape index (κ1) is 13.6. The number of thioether (sulfide) groups is 1. The highest BCUT2D eigenvalue weighted by Gasteiger charge is 2.06.